The summed E-state index contributed by atoms with van der Waals surface area (Å²) in [6.45, 7) is 8.58. The molecule has 0 radical (unpaired) electrons. The van der Waals surface area contributed by atoms with Crippen molar-refractivity contribution in [2.24, 2.45) is 11.8 Å². The minimum Gasteiger partial charge on any atom is -0.462 e. The first kappa shape index (κ1) is 16.2. The molecule has 0 aliphatic carbocycles. The van der Waals surface area contributed by atoms with Crippen LogP contribution in [0.15, 0.2) is 24.3 Å². The van der Waals surface area contributed by atoms with Gasteiger partial charge >= 0.3 is 11.9 Å². The van der Waals surface area contributed by atoms with E-state index in [1.54, 1.807) is 18.2 Å². The van der Waals surface area contributed by atoms with Gasteiger partial charge in [-0.05, 0) is 30.0 Å². The lowest BCUT2D eigenvalue weighted by Gasteiger charge is -2.09. The number of rotatable bonds is 6. The molecule has 0 spiro atoms. The first-order valence-corrected chi connectivity index (χ1v) is 6.84. The lowest BCUT2D eigenvalue weighted by Crippen LogP contribution is -2.13. The number of esters is 2. The molecule has 0 saturated carbocycles. The Morgan fingerprint density at radius 3 is 1.65 bits per heavy atom. The van der Waals surface area contributed by atoms with Crippen LogP contribution in [0.5, 0.6) is 0 Å². The fourth-order valence-electron chi connectivity index (χ4n) is 1.42. The quantitative estimate of drug-likeness (QED) is 0.749. The Bertz CT molecular complexity index is 424. The zero-order valence-corrected chi connectivity index (χ0v) is 12.5. The third-order valence-corrected chi connectivity index (χ3v) is 2.43. The summed E-state index contributed by atoms with van der Waals surface area (Å²) in [6, 6.07) is 6.41. The van der Waals surface area contributed by atoms with Gasteiger partial charge in [-0.15, -0.1) is 0 Å². The molecule has 1 aromatic rings. The van der Waals surface area contributed by atoms with Gasteiger partial charge in [0, 0.05) is 0 Å². The Morgan fingerprint density at radius 1 is 0.900 bits per heavy atom. The first-order chi connectivity index (χ1) is 9.40. The van der Waals surface area contributed by atoms with E-state index in [1.807, 2.05) is 27.7 Å². The Balaban J connectivity index is 2.70. The second kappa shape index (κ2) is 7.68. The van der Waals surface area contributed by atoms with E-state index >= 15 is 0 Å². The normalized spacial score (nSPS) is 10.7. The van der Waals surface area contributed by atoms with Crippen LogP contribution in [0.1, 0.15) is 48.4 Å². The number of hydrogen-bond donors (Lipinski definition) is 0. The highest BCUT2D eigenvalue weighted by Crippen LogP contribution is 2.10. The molecule has 0 saturated heterocycles. The van der Waals surface area contributed by atoms with Gasteiger partial charge in [-0.1, -0.05) is 33.8 Å². The van der Waals surface area contributed by atoms with Crippen molar-refractivity contribution in [2.45, 2.75) is 27.7 Å². The van der Waals surface area contributed by atoms with Crippen molar-refractivity contribution < 1.29 is 19.1 Å². The molecular weight excluding hydrogens is 256 g/mol. The lowest BCUT2D eigenvalue weighted by molar-refractivity contribution is 0.0456. The molecule has 0 N–H and O–H groups in total. The molecule has 1 aromatic carbocycles. The molecule has 0 amide bonds. The number of ether oxygens (including phenoxy) is 2. The van der Waals surface area contributed by atoms with Gasteiger partial charge in [0.1, 0.15) is 0 Å². The monoisotopic (exact) mass is 278 g/mol. The summed E-state index contributed by atoms with van der Waals surface area (Å²) < 4.78 is 10.3. The number of benzene rings is 1. The number of carbonyl (C=O) groups is 2. The highest BCUT2D eigenvalue weighted by Gasteiger charge is 2.13. The van der Waals surface area contributed by atoms with Gasteiger partial charge in [0.15, 0.2) is 0 Å². The maximum Gasteiger partial charge on any atom is 0.338 e. The maximum absolute atomic E-state index is 11.8. The van der Waals surface area contributed by atoms with Crippen LogP contribution in [-0.2, 0) is 9.47 Å². The Labute approximate surface area is 120 Å². The zero-order chi connectivity index (χ0) is 15.1. The third-order valence-electron chi connectivity index (χ3n) is 2.43. The van der Waals surface area contributed by atoms with Crippen LogP contribution in [0.4, 0.5) is 0 Å². The van der Waals surface area contributed by atoms with E-state index < -0.39 is 11.9 Å². The molecule has 4 heteroatoms. The van der Waals surface area contributed by atoms with Crippen LogP contribution >= 0.6 is 0 Å². The van der Waals surface area contributed by atoms with Crippen molar-refractivity contribution in [1.82, 2.24) is 0 Å². The highest BCUT2D eigenvalue weighted by atomic mass is 16.5. The molecule has 20 heavy (non-hydrogen) atoms. The van der Waals surface area contributed by atoms with Crippen LogP contribution in [-0.4, -0.2) is 25.2 Å². The molecule has 0 unspecified atom stereocenters. The molecule has 110 valence electrons. The van der Waals surface area contributed by atoms with Crippen molar-refractivity contribution in [2.75, 3.05) is 13.2 Å². The molecule has 1 rings (SSSR count). The van der Waals surface area contributed by atoms with Crippen LogP contribution in [0.25, 0.3) is 0 Å². The van der Waals surface area contributed by atoms with Gasteiger partial charge in [-0.3, -0.25) is 0 Å². The van der Waals surface area contributed by atoms with Crippen molar-refractivity contribution in [1.29, 1.82) is 0 Å². The largest absolute Gasteiger partial charge is 0.462 e. The predicted molar refractivity (Wildman–Crippen MR) is 76.7 cm³/mol. The van der Waals surface area contributed by atoms with Crippen molar-refractivity contribution in [3.05, 3.63) is 35.4 Å². The third kappa shape index (κ3) is 5.43. The van der Waals surface area contributed by atoms with Crippen molar-refractivity contribution in [3.63, 3.8) is 0 Å². The van der Waals surface area contributed by atoms with E-state index in [0.717, 1.165) is 0 Å². The molecule has 4 nitrogen and oxygen atoms in total. The summed E-state index contributed by atoms with van der Waals surface area (Å²) in [7, 11) is 0. The van der Waals surface area contributed by atoms with Crippen LogP contribution in [0.3, 0.4) is 0 Å². The Hall–Kier alpha value is -1.84. The molecule has 0 bridgehead atoms. The van der Waals surface area contributed by atoms with E-state index in [9.17, 15) is 9.59 Å². The summed E-state index contributed by atoms with van der Waals surface area (Å²) in [5.41, 5.74) is 0.731. The molecular formula is C16H22O4. The maximum atomic E-state index is 11.8. The first-order valence-electron chi connectivity index (χ1n) is 6.84. The van der Waals surface area contributed by atoms with E-state index in [1.165, 1.54) is 6.07 Å². The van der Waals surface area contributed by atoms with Gasteiger partial charge in [0.2, 0.25) is 0 Å². The number of hydrogen-bond acceptors (Lipinski definition) is 4. The summed E-state index contributed by atoms with van der Waals surface area (Å²) in [6.07, 6.45) is 0. The summed E-state index contributed by atoms with van der Waals surface area (Å²) in [5.74, 6) is -0.286. The smallest absolute Gasteiger partial charge is 0.338 e. The zero-order valence-electron chi connectivity index (χ0n) is 12.5. The second-order valence-electron chi connectivity index (χ2n) is 5.57. The van der Waals surface area contributed by atoms with Gasteiger partial charge in [-0.2, -0.15) is 0 Å². The van der Waals surface area contributed by atoms with Crippen molar-refractivity contribution in [3.8, 4) is 0 Å². The molecule has 0 heterocycles. The van der Waals surface area contributed by atoms with E-state index in [2.05, 4.69) is 0 Å². The SMILES string of the molecule is CC(C)COC(=O)c1cccc(C(=O)OCC(C)C)c1. The Morgan fingerprint density at radius 2 is 1.30 bits per heavy atom. The predicted octanol–water partition coefficient (Wildman–Crippen LogP) is 3.31. The van der Waals surface area contributed by atoms with Gasteiger partial charge < -0.3 is 9.47 Å². The molecule has 0 aliphatic rings. The van der Waals surface area contributed by atoms with E-state index in [0.29, 0.717) is 24.3 Å². The fourth-order valence-corrected chi connectivity index (χ4v) is 1.42. The standard InChI is InChI=1S/C16H22O4/c1-11(2)9-19-15(17)13-6-5-7-14(8-13)16(18)20-10-12(3)4/h5-8,11-12H,9-10H2,1-4H3. The van der Waals surface area contributed by atoms with E-state index in [-0.39, 0.29) is 11.8 Å². The minimum absolute atomic E-state index is 0.276. The molecule has 0 aliphatic heterocycles. The topological polar surface area (TPSA) is 52.6 Å². The average Bonchev–Trinajstić information content (AvgIpc) is 2.42. The van der Waals surface area contributed by atoms with Crippen molar-refractivity contribution >= 4 is 11.9 Å². The molecule has 0 atom stereocenters. The van der Waals surface area contributed by atoms with Crippen LogP contribution in [0.2, 0.25) is 0 Å². The average molecular weight is 278 g/mol. The molecule has 0 aromatic heterocycles. The van der Waals surface area contributed by atoms with Gasteiger partial charge in [-0.25, -0.2) is 9.59 Å². The summed E-state index contributed by atoms with van der Waals surface area (Å²) in [5, 5.41) is 0. The fraction of sp³-hybridized carbons (Fsp3) is 0.500. The van der Waals surface area contributed by atoms with E-state index in [4.69, 9.17) is 9.47 Å². The number of carbonyl (C=O) groups excluding carboxylic acids is 2. The van der Waals surface area contributed by atoms with Gasteiger partial charge in [0.25, 0.3) is 0 Å². The second-order valence-corrected chi connectivity index (χ2v) is 5.57. The minimum atomic E-state index is -0.419. The Kier molecular flexibility index (Phi) is 6.22. The lowest BCUT2D eigenvalue weighted by atomic mass is 10.1. The van der Waals surface area contributed by atoms with Gasteiger partial charge in [0.05, 0.1) is 24.3 Å². The summed E-state index contributed by atoms with van der Waals surface area (Å²) >= 11 is 0. The highest BCUT2D eigenvalue weighted by molar-refractivity contribution is 5.95. The van der Waals surface area contributed by atoms with Crippen LogP contribution in [0, 0.1) is 11.8 Å². The van der Waals surface area contributed by atoms with Crippen LogP contribution < -0.4 is 0 Å². The summed E-state index contributed by atoms with van der Waals surface area (Å²) in [4.78, 5) is 23.6. The molecule has 0 fully saturated rings.